The van der Waals surface area contributed by atoms with E-state index in [4.69, 9.17) is 4.98 Å². The van der Waals surface area contributed by atoms with E-state index in [-0.39, 0.29) is 11.8 Å². The van der Waals surface area contributed by atoms with E-state index in [1.54, 1.807) is 12.1 Å². The van der Waals surface area contributed by atoms with Gasteiger partial charge in [-0.3, -0.25) is 9.59 Å². The third-order valence-electron chi connectivity index (χ3n) is 5.44. The van der Waals surface area contributed by atoms with Gasteiger partial charge in [-0.2, -0.15) is 0 Å². The number of nitrogens with one attached hydrogen (secondary N) is 1. The Kier molecular flexibility index (Phi) is 6.47. The number of likely N-dealkylation sites (tertiary alicyclic amines) is 1. The van der Waals surface area contributed by atoms with Gasteiger partial charge in [0.05, 0.1) is 11.0 Å². The lowest BCUT2D eigenvalue weighted by molar-refractivity contribution is -0.130. The summed E-state index contributed by atoms with van der Waals surface area (Å²) < 4.78 is 2.91. The maximum Gasteiger partial charge on any atom is 0.251 e. The zero-order valence-electron chi connectivity index (χ0n) is 16.8. The van der Waals surface area contributed by atoms with Crippen molar-refractivity contribution in [3.8, 4) is 0 Å². The number of amides is 2. The molecule has 0 radical (unpaired) electrons. The average Bonchev–Trinajstić information content (AvgIpc) is 3.40. The van der Waals surface area contributed by atoms with Gasteiger partial charge in [-0.05, 0) is 49.6 Å². The number of nitrogens with zero attached hydrogens (tertiary/aromatic N) is 3. The molecule has 1 aliphatic heterocycles. The van der Waals surface area contributed by atoms with Gasteiger partial charge in [0, 0.05) is 36.1 Å². The molecule has 3 aromatic rings. The van der Waals surface area contributed by atoms with Gasteiger partial charge >= 0.3 is 0 Å². The second-order valence-corrected chi connectivity index (χ2v) is 8.48. The number of hydrogen-bond acceptors (Lipinski definition) is 3. The maximum absolute atomic E-state index is 12.7. The molecule has 0 spiro atoms. The summed E-state index contributed by atoms with van der Waals surface area (Å²) in [6.07, 6.45) is 3.61. The van der Waals surface area contributed by atoms with Gasteiger partial charge in [-0.25, -0.2) is 4.98 Å². The summed E-state index contributed by atoms with van der Waals surface area (Å²) >= 11 is 3.39. The van der Waals surface area contributed by atoms with Crippen LogP contribution in [0.25, 0.3) is 11.0 Å². The summed E-state index contributed by atoms with van der Waals surface area (Å²) in [5.41, 5.74) is 2.52. The minimum atomic E-state index is -0.0889. The van der Waals surface area contributed by atoms with E-state index in [1.165, 1.54) is 0 Å². The lowest BCUT2D eigenvalue weighted by Gasteiger charge is -2.17. The van der Waals surface area contributed by atoms with Crippen LogP contribution in [0.2, 0.25) is 0 Å². The number of halogens is 1. The van der Waals surface area contributed by atoms with E-state index < -0.39 is 0 Å². The first-order chi connectivity index (χ1) is 14.6. The van der Waals surface area contributed by atoms with E-state index >= 15 is 0 Å². The minimum absolute atomic E-state index is 0.0889. The topological polar surface area (TPSA) is 67.2 Å². The highest BCUT2D eigenvalue weighted by atomic mass is 79.9. The number of para-hydroxylation sites is 2. The van der Waals surface area contributed by atoms with Gasteiger partial charge in [-0.1, -0.05) is 34.1 Å². The van der Waals surface area contributed by atoms with E-state index in [0.29, 0.717) is 25.1 Å². The van der Waals surface area contributed by atoms with Crippen molar-refractivity contribution < 1.29 is 9.59 Å². The monoisotopic (exact) mass is 468 g/mol. The van der Waals surface area contributed by atoms with Crippen LogP contribution in [0, 0.1) is 0 Å². The molecular weight excluding hydrogens is 444 g/mol. The molecule has 1 saturated heterocycles. The number of fused-ring (bicyclic) bond motifs is 1. The van der Waals surface area contributed by atoms with Crippen LogP contribution in [0.4, 0.5) is 0 Å². The molecule has 2 aromatic carbocycles. The minimum Gasteiger partial charge on any atom is -0.352 e. The van der Waals surface area contributed by atoms with Crippen molar-refractivity contribution in [3.63, 3.8) is 0 Å². The molecule has 2 heterocycles. The summed E-state index contributed by atoms with van der Waals surface area (Å²) in [7, 11) is 0. The fraction of sp³-hybridized carbons (Fsp3) is 0.348. The predicted molar refractivity (Wildman–Crippen MR) is 120 cm³/mol. The lowest BCUT2D eigenvalue weighted by atomic mass is 10.2. The summed E-state index contributed by atoms with van der Waals surface area (Å²) in [5.74, 6) is 0.953. The van der Waals surface area contributed by atoms with Gasteiger partial charge in [0.2, 0.25) is 5.91 Å². The van der Waals surface area contributed by atoms with E-state index in [2.05, 4.69) is 21.2 Å². The van der Waals surface area contributed by atoms with Crippen molar-refractivity contribution in [2.75, 3.05) is 19.6 Å². The second-order valence-electron chi connectivity index (χ2n) is 7.56. The van der Waals surface area contributed by atoms with Gasteiger partial charge in [0.25, 0.3) is 5.91 Å². The third kappa shape index (κ3) is 4.73. The number of aromatic nitrogens is 2. The number of hydrogen-bond donors (Lipinski definition) is 1. The molecule has 7 heteroatoms. The van der Waals surface area contributed by atoms with Crippen LogP contribution in [0.15, 0.2) is 53.0 Å². The maximum atomic E-state index is 12.7. The Bertz CT molecular complexity index is 1060. The van der Waals surface area contributed by atoms with Crippen LogP contribution in [0.5, 0.6) is 0 Å². The van der Waals surface area contributed by atoms with Gasteiger partial charge in [-0.15, -0.1) is 0 Å². The molecule has 1 N–H and O–H groups in total. The molecule has 0 unspecified atom stereocenters. The van der Waals surface area contributed by atoms with Gasteiger partial charge in [0.15, 0.2) is 0 Å². The van der Waals surface area contributed by atoms with Crippen LogP contribution in [0.1, 0.15) is 35.4 Å². The highest BCUT2D eigenvalue weighted by molar-refractivity contribution is 9.10. The molecule has 1 aromatic heterocycles. The van der Waals surface area contributed by atoms with Gasteiger partial charge < -0.3 is 14.8 Å². The Morgan fingerprint density at radius 1 is 1.07 bits per heavy atom. The smallest absolute Gasteiger partial charge is 0.251 e. The number of benzene rings is 2. The molecule has 6 nitrogen and oxygen atoms in total. The molecule has 0 aliphatic carbocycles. The van der Waals surface area contributed by atoms with Crippen LogP contribution in [-0.4, -0.2) is 45.9 Å². The molecule has 30 heavy (non-hydrogen) atoms. The van der Waals surface area contributed by atoms with Crippen LogP contribution >= 0.6 is 15.9 Å². The summed E-state index contributed by atoms with van der Waals surface area (Å²) in [4.78, 5) is 31.7. The largest absolute Gasteiger partial charge is 0.352 e. The molecule has 2 amide bonds. The highest BCUT2D eigenvalue weighted by Gasteiger charge is 2.20. The molecule has 0 bridgehead atoms. The van der Waals surface area contributed by atoms with Crippen molar-refractivity contribution >= 4 is 38.8 Å². The summed E-state index contributed by atoms with van der Waals surface area (Å²) in [6.45, 7) is 2.57. The third-order valence-corrected chi connectivity index (χ3v) is 5.93. The molecule has 4 rings (SSSR count). The first-order valence-corrected chi connectivity index (χ1v) is 11.2. The zero-order chi connectivity index (χ0) is 20.9. The number of carbonyl (C=O) groups is 2. The first-order valence-electron chi connectivity index (χ1n) is 10.4. The first kappa shape index (κ1) is 20.6. The Morgan fingerprint density at radius 2 is 1.87 bits per heavy atom. The summed E-state index contributed by atoms with van der Waals surface area (Å²) in [5, 5.41) is 2.96. The SMILES string of the molecule is O=C(NCCCc1nc2ccccc2n1CC(=O)N1CCCC1)c1cccc(Br)c1. The lowest BCUT2D eigenvalue weighted by Crippen LogP contribution is -2.31. The van der Waals surface area contributed by atoms with Crippen LogP contribution in [-0.2, 0) is 17.8 Å². The normalized spacial score (nSPS) is 13.7. The Morgan fingerprint density at radius 3 is 2.67 bits per heavy atom. The molecule has 0 saturated carbocycles. The van der Waals surface area contributed by atoms with Crippen molar-refractivity contribution in [2.45, 2.75) is 32.2 Å². The zero-order valence-corrected chi connectivity index (χ0v) is 18.4. The van der Waals surface area contributed by atoms with Crippen molar-refractivity contribution in [2.24, 2.45) is 0 Å². The Hall–Kier alpha value is -2.67. The molecule has 156 valence electrons. The highest BCUT2D eigenvalue weighted by Crippen LogP contribution is 2.18. The Labute approximate surface area is 184 Å². The number of imidazole rings is 1. The molecular formula is C23H25BrN4O2. The fourth-order valence-corrected chi connectivity index (χ4v) is 4.27. The molecule has 1 fully saturated rings. The van der Waals surface area contributed by atoms with Crippen LogP contribution < -0.4 is 5.32 Å². The fourth-order valence-electron chi connectivity index (χ4n) is 3.87. The average molecular weight is 469 g/mol. The van der Waals surface area contributed by atoms with E-state index in [9.17, 15) is 9.59 Å². The second kappa shape index (κ2) is 9.43. The Balaban J connectivity index is 1.40. The molecule has 1 aliphatic rings. The van der Waals surface area contributed by atoms with E-state index in [0.717, 1.165) is 53.7 Å². The van der Waals surface area contributed by atoms with Crippen molar-refractivity contribution in [1.82, 2.24) is 19.8 Å². The number of rotatable bonds is 7. The van der Waals surface area contributed by atoms with Crippen molar-refractivity contribution in [3.05, 3.63) is 64.4 Å². The number of aryl methyl sites for hydroxylation is 1. The molecule has 0 atom stereocenters. The number of carbonyl (C=O) groups excluding carboxylic acids is 2. The van der Waals surface area contributed by atoms with Gasteiger partial charge in [0.1, 0.15) is 12.4 Å². The van der Waals surface area contributed by atoms with Crippen molar-refractivity contribution in [1.29, 1.82) is 0 Å². The standard InChI is InChI=1S/C23H25BrN4O2/c24-18-8-5-7-17(15-18)23(30)25-12-6-11-21-26-19-9-1-2-10-20(19)28(21)16-22(29)27-13-3-4-14-27/h1-2,5,7-10,15H,3-4,6,11-14,16H2,(H,25,30). The van der Waals surface area contributed by atoms with Crippen LogP contribution in [0.3, 0.4) is 0 Å². The van der Waals surface area contributed by atoms with E-state index in [1.807, 2.05) is 45.9 Å². The summed E-state index contributed by atoms with van der Waals surface area (Å²) in [6, 6.07) is 15.3. The quantitative estimate of drug-likeness (QED) is 0.536. The predicted octanol–water partition coefficient (Wildman–Crippen LogP) is 3.78.